The summed E-state index contributed by atoms with van der Waals surface area (Å²) in [6, 6.07) is 8.99. The van der Waals surface area contributed by atoms with Gasteiger partial charge in [0.15, 0.2) is 0 Å². The van der Waals surface area contributed by atoms with E-state index in [-0.39, 0.29) is 6.54 Å². The van der Waals surface area contributed by atoms with Gasteiger partial charge in [0, 0.05) is 6.54 Å². The summed E-state index contributed by atoms with van der Waals surface area (Å²) >= 11 is 0. The zero-order chi connectivity index (χ0) is 12.1. The number of nitro groups is 1. The molecule has 1 unspecified atom stereocenters. The third-order valence-electron chi connectivity index (χ3n) is 2.11. The van der Waals surface area contributed by atoms with E-state index in [2.05, 4.69) is 0 Å². The molecule has 1 aromatic rings. The first-order valence-electron chi connectivity index (χ1n) is 4.63. The van der Waals surface area contributed by atoms with Gasteiger partial charge in [-0.1, -0.05) is 30.3 Å². The first-order valence-corrected chi connectivity index (χ1v) is 4.63. The van der Waals surface area contributed by atoms with Crippen molar-refractivity contribution in [3.8, 4) is 0 Å². The largest absolute Gasteiger partial charge is 0.475 e. The maximum Gasteiger partial charge on any atom is 0.396 e. The molecule has 0 saturated carbocycles. The van der Waals surface area contributed by atoms with Gasteiger partial charge in [-0.15, -0.1) is 0 Å². The maximum absolute atomic E-state index is 10.7. The van der Waals surface area contributed by atoms with Crippen molar-refractivity contribution < 1.29 is 14.8 Å². The summed E-state index contributed by atoms with van der Waals surface area (Å²) in [5, 5.41) is 19.3. The second kappa shape index (κ2) is 5.22. The van der Waals surface area contributed by atoms with Gasteiger partial charge in [0.05, 0.1) is 4.92 Å². The summed E-state index contributed by atoms with van der Waals surface area (Å²) in [6.07, 6.45) is -1.71. The van der Waals surface area contributed by atoms with E-state index in [0.29, 0.717) is 0 Å². The molecular formula is C10H12N2O4. The van der Waals surface area contributed by atoms with Crippen LogP contribution in [0.25, 0.3) is 0 Å². The second-order valence-corrected chi connectivity index (χ2v) is 3.40. The molecule has 0 aromatic heterocycles. The number of nitrogens with zero attached hydrogens (tertiary/aromatic N) is 2. The van der Waals surface area contributed by atoms with Crippen LogP contribution in [0.2, 0.25) is 0 Å². The summed E-state index contributed by atoms with van der Waals surface area (Å²) < 4.78 is 0. The molecule has 0 heterocycles. The summed E-state index contributed by atoms with van der Waals surface area (Å²) in [4.78, 5) is 21.6. The second-order valence-electron chi connectivity index (χ2n) is 3.40. The van der Waals surface area contributed by atoms with E-state index in [1.165, 1.54) is 11.9 Å². The zero-order valence-electron chi connectivity index (χ0n) is 8.74. The Kier molecular flexibility index (Phi) is 3.96. The SMILES string of the molecule is CN(Cc1ccccc1)C(C(=O)O)[N+](=O)[O-]. The number of hydrogen-bond donors (Lipinski definition) is 1. The van der Waals surface area contributed by atoms with Gasteiger partial charge in [-0.25, -0.2) is 9.69 Å². The fourth-order valence-electron chi connectivity index (χ4n) is 1.40. The lowest BCUT2D eigenvalue weighted by molar-refractivity contribution is -0.536. The molecule has 6 nitrogen and oxygen atoms in total. The Bertz CT molecular complexity index is 366. The monoisotopic (exact) mass is 224 g/mol. The summed E-state index contributed by atoms with van der Waals surface area (Å²) in [5.74, 6) is -1.46. The molecule has 0 fully saturated rings. The Hall–Kier alpha value is -1.95. The maximum atomic E-state index is 10.7. The molecule has 1 atom stereocenters. The van der Waals surface area contributed by atoms with Crippen LogP contribution in [0.4, 0.5) is 0 Å². The predicted molar refractivity (Wildman–Crippen MR) is 56.3 cm³/mol. The van der Waals surface area contributed by atoms with Crippen LogP contribution in [0.5, 0.6) is 0 Å². The van der Waals surface area contributed by atoms with Crippen molar-refractivity contribution >= 4 is 5.97 Å². The van der Waals surface area contributed by atoms with Crippen molar-refractivity contribution in [2.75, 3.05) is 7.05 Å². The lowest BCUT2D eigenvalue weighted by Crippen LogP contribution is -2.43. The number of likely N-dealkylation sites (N-methyl/N-ethyl adjacent to an activating group) is 1. The van der Waals surface area contributed by atoms with Crippen LogP contribution in [0, 0.1) is 10.1 Å². The number of hydrogen-bond acceptors (Lipinski definition) is 4. The van der Waals surface area contributed by atoms with Crippen molar-refractivity contribution in [1.29, 1.82) is 0 Å². The van der Waals surface area contributed by atoms with Gasteiger partial charge in [0.2, 0.25) is 0 Å². The number of carboxylic acid groups (broad SMARTS) is 1. The van der Waals surface area contributed by atoms with Gasteiger partial charge in [0.25, 0.3) is 0 Å². The van der Waals surface area contributed by atoms with Crippen molar-refractivity contribution in [3.05, 3.63) is 46.0 Å². The highest BCUT2D eigenvalue weighted by atomic mass is 16.6. The fourth-order valence-corrected chi connectivity index (χ4v) is 1.40. The van der Waals surface area contributed by atoms with Gasteiger partial charge in [-0.05, 0) is 12.6 Å². The number of benzene rings is 1. The molecule has 0 aliphatic heterocycles. The van der Waals surface area contributed by atoms with Crippen LogP contribution in [0.15, 0.2) is 30.3 Å². The Morgan fingerprint density at radius 1 is 1.50 bits per heavy atom. The molecule has 1 aromatic carbocycles. The average molecular weight is 224 g/mol. The Morgan fingerprint density at radius 2 is 2.06 bits per heavy atom. The summed E-state index contributed by atoms with van der Waals surface area (Å²) in [7, 11) is 1.41. The minimum Gasteiger partial charge on any atom is -0.475 e. The molecule has 0 spiro atoms. The molecule has 0 radical (unpaired) electrons. The van der Waals surface area contributed by atoms with Crippen LogP contribution in [-0.4, -0.2) is 34.1 Å². The molecular weight excluding hydrogens is 212 g/mol. The minimum absolute atomic E-state index is 0.221. The highest BCUT2D eigenvalue weighted by Crippen LogP contribution is 2.06. The van der Waals surface area contributed by atoms with E-state index in [0.717, 1.165) is 5.56 Å². The van der Waals surface area contributed by atoms with Gasteiger partial charge >= 0.3 is 12.1 Å². The Balaban J connectivity index is 2.74. The van der Waals surface area contributed by atoms with Crippen LogP contribution in [0.3, 0.4) is 0 Å². The van der Waals surface area contributed by atoms with E-state index in [4.69, 9.17) is 5.11 Å². The number of rotatable bonds is 5. The van der Waals surface area contributed by atoms with Crippen LogP contribution in [0.1, 0.15) is 5.56 Å². The van der Waals surface area contributed by atoms with Gasteiger partial charge in [-0.2, -0.15) is 0 Å². The van der Waals surface area contributed by atoms with E-state index in [9.17, 15) is 14.9 Å². The van der Waals surface area contributed by atoms with E-state index in [1.54, 1.807) is 24.3 Å². The smallest absolute Gasteiger partial charge is 0.396 e. The van der Waals surface area contributed by atoms with Crippen LogP contribution in [-0.2, 0) is 11.3 Å². The molecule has 0 aliphatic rings. The predicted octanol–water partition coefficient (Wildman–Crippen LogP) is 0.806. The molecule has 86 valence electrons. The van der Waals surface area contributed by atoms with E-state index in [1.807, 2.05) is 6.07 Å². The standard InChI is InChI=1S/C10H12N2O4/c1-11(9(10(13)14)12(15)16)7-8-5-3-2-4-6-8/h2-6,9H,7H2,1H3,(H,13,14). The summed E-state index contributed by atoms with van der Waals surface area (Å²) in [5.41, 5.74) is 0.832. The zero-order valence-corrected chi connectivity index (χ0v) is 8.74. The molecule has 0 saturated heterocycles. The first-order chi connectivity index (χ1) is 7.52. The molecule has 0 amide bonds. The molecule has 16 heavy (non-hydrogen) atoms. The van der Waals surface area contributed by atoms with Crippen molar-refractivity contribution in [3.63, 3.8) is 0 Å². The summed E-state index contributed by atoms with van der Waals surface area (Å²) in [6.45, 7) is 0.221. The normalized spacial score (nSPS) is 12.4. The lowest BCUT2D eigenvalue weighted by Gasteiger charge is -2.17. The average Bonchev–Trinajstić information content (AvgIpc) is 2.17. The lowest BCUT2D eigenvalue weighted by atomic mass is 10.2. The number of carbonyl (C=O) groups is 1. The van der Waals surface area contributed by atoms with E-state index < -0.39 is 17.1 Å². The number of aliphatic carboxylic acids is 1. The first kappa shape index (κ1) is 12.1. The fraction of sp³-hybridized carbons (Fsp3) is 0.300. The molecule has 0 bridgehead atoms. The molecule has 1 N–H and O–H groups in total. The third-order valence-corrected chi connectivity index (χ3v) is 2.11. The molecule has 1 rings (SSSR count). The third kappa shape index (κ3) is 3.03. The van der Waals surface area contributed by atoms with Gasteiger partial charge < -0.3 is 5.11 Å². The van der Waals surface area contributed by atoms with Crippen molar-refractivity contribution in [1.82, 2.24) is 4.90 Å². The van der Waals surface area contributed by atoms with Crippen LogP contribution < -0.4 is 0 Å². The highest BCUT2D eigenvalue weighted by Gasteiger charge is 2.33. The topological polar surface area (TPSA) is 83.7 Å². The minimum atomic E-state index is -1.71. The number of carboxylic acids is 1. The van der Waals surface area contributed by atoms with E-state index >= 15 is 0 Å². The van der Waals surface area contributed by atoms with Crippen LogP contribution >= 0.6 is 0 Å². The van der Waals surface area contributed by atoms with Crippen molar-refractivity contribution in [2.24, 2.45) is 0 Å². The Labute approximate surface area is 92.3 Å². The Morgan fingerprint density at radius 3 is 2.50 bits per heavy atom. The highest BCUT2D eigenvalue weighted by molar-refractivity contribution is 5.71. The van der Waals surface area contributed by atoms with Gasteiger partial charge in [-0.3, -0.25) is 10.1 Å². The molecule has 6 heteroatoms. The van der Waals surface area contributed by atoms with Crippen molar-refractivity contribution in [2.45, 2.75) is 12.7 Å². The molecule has 0 aliphatic carbocycles. The quantitative estimate of drug-likeness (QED) is 0.454. The van der Waals surface area contributed by atoms with Gasteiger partial charge in [0.1, 0.15) is 0 Å².